The molecule has 27 heavy (non-hydrogen) atoms. The first-order valence-corrected chi connectivity index (χ1v) is 10.3. The zero-order valence-corrected chi connectivity index (χ0v) is 17.1. The Morgan fingerprint density at radius 3 is 2.22 bits per heavy atom. The largest absolute Gasteiger partial charge is 0.328 e. The Morgan fingerprint density at radius 1 is 0.963 bits per heavy atom. The van der Waals surface area contributed by atoms with Gasteiger partial charge in [-0.15, -0.1) is 0 Å². The summed E-state index contributed by atoms with van der Waals surface area (Å²) in [6.45, 7) is 8.71. The Hall–Kier alpha value is -1.90. The third kappa shape index (κ3) is 5.54. The second-order valence-electron chi connectivity index (χ2n) is 8.19. The molecule has 0 radical (unpaired) electrons. The minimum Gasteiger partial charge on any atom is -0.328 e. The normalized spacial score (nSPS) is 20.5. The fourth-order valence-electron chi connectivity index (χ4n) is 4.36. The van der Waals surface area contributed by atoms with Gasteiger partial charge in [0.2, 0.25) is 0 Å². The second kappa shape index (κ2) is 9.34. The molecule has 1 fully saturated rings. The highest BCUT2D eigenvalue weighted by atomic mass is 15.1. The fourth-order valence-corrected chi connectivity index (χ4v) is 4.36. The van der Waals surface area contributed by atoms with E-state index in [1.54, 1.807) is 0 Å². The maximum atomic E-state index is 6.16. The Bertz CT molecular complexity index is 732. The van der Waals surface area contributed by atoms with Crippen LogP contribution in [0.15, 0.2) is 48.5 Å². The van der Waals surface area contributed by atoms with E-state index in [1.165, 1.54) is 40.7 Å². The van der Waals surface area contributed by atoms with E-state index >= 15 is 0 Å². The van der Waals surface area contributed by atoms with Crippen molar-refractivity contribution in [2.24, 2.45) is 5.73 Å². The van der Waals surface area contributed by atoms with Gasteiger partial charge in [0.05, 0.1) is 0 Å². The molecule has 1 aliphatic carbocycles. The molecular weight excluding hydrogens is 328 g/mol. The molecule has 0 aliphatic heterocycles. The molecule has 3 rings (SSSR count). The average Bonchev–Trinajstić information content (AvgIpc) is 2.65. The van der Waals surface area contributed by atoms with Crippen molar-refractivity contribution in [3.05, 3.63) is 76.4 Å². The minimum absolute atomic E-state index is 0.394. The highest BCUT2D eigenvalue weighted by molar-refractivity contribution is 5.48. The Kier molecular flexibility index (Phi) is 6.87. The van der Waals surface area contributed by atoms with Crippen molar-refractivity contribution in [1.29, 1.82) is 0 Å². The number of nitrogens with two attached hydrogens (primary N) is 1. The van der Waals surface area contributed by atoms with Crippen molar-refractivity contribution >= 4 is 6.08 Å². The van der Waals surface area contributed by atoms with E-state index in [0.717, 1.165) is 25.9 Å². The van der Waals surface area contributed by atoms with Gasteiger partial charge in [0.1, 0.15) is 0 Å². The van der Waals surface area contributed by atoms with Crippen LogP contribution >= 0.6 is 0 Å². The first kappa shape index (κ1) is 19.9. The molecule has 2 aromatic carbocycles. The molecule has 0 unspecified atom stereocenters. The summed E-state index contributed by atoms with van der Waals surface area (Å²) < 4.78 is 0. The molecule has 144 valence electrons. The molecule has 0 heterocycles. The highest BCUT2D eigenvalue weighted by Gasteiger charge is 2.24. The third-order valence-electron chi connectivity index (χ3n) is 5.91. The average molecular weight is 363 g/mol. The maximum absolute atomic E-state index is 6.16. The number of rotatable bonds is 6. The molecular formula is C25H34N2. The zero-order valence-electron chi connectivity index (χ0n) is 17.1. The van der Waals surface area contributed by atoms with Gasteiger partial charge in [0, 0.05) is 25.2 Å². The molecule has 0 atom stereocenters. The van der Waals surface area contributed by atoms with Crippen molar-refractivity contribution in [2.75, 3.05) is 6.54 Å². The Balaban J connectivity index is 1.76. The van der Waals surface area contributed by atoms with E-state index in [0.29, 0.717) is 12.1 Å². The van der Waals surface area contributed by atoms with Crippen LogP contribution in [0.1, 0.15) is 53.5 Å². The molecule has 0 aromatic heterocycles. The van der Waals surface area contributed by atoms with Crippen LogP contribution < -0.4 is 5.73 Å². The van der Waals surface area contributed by atoms with E-state index in [4.69, 9.17) is 5.73 Å². The summed E-state index contributed by atoms with van der Waals surface area (Å²) in [6, 6.07) is 16.2. The second-order valence-corrected chi connectivity index (χ2v) is 8.19. The standard InChI is InChI=1S/C25H34N2/c1-19-16-20(2)25(21(3)17-19)18-27(24-13-11-23(26)12-14-24)15-7-10-22-8-5-4-6-9-22/h4-10,16-17,23-24H,11-15,18,26H2,1-3H3. The molecule has 1 aliphatic rings. The lowest BCUT2D eigenvalue weighted by Crippen LogP contribution is -2.40. The molecule has 2 nitrogen and oxygen atoms in total. The van der Waals surface area contributed by atoms with E-state index in [1.807, 2.05) is 0 Å². The lowest BCUT2D eigenvalue weighted by molar-refractivity contribution is 0.157. The zero-order chi connectivity index (χ0) is 19.2. The van der Waals surface area contributed by atoms with Crippen molar-refractivity contribution < 1.29 is 0 Å². The minimum atomic E-state index is 0.394. The van der Waals surface area contributed by atoms with Crippen LogP contribution in [0.4, 0.5) is 0 Å². The van der Waals surface area contributed by atoms with Gasteiger partial charge in [-0.05, 0) is 68.7 Å². The maximum Gasteiger partial charge on any atom is 0.0245 e. The fraction of sp³-hybridized carbons (Fsp3) is 0.440. The van der Waals surface area contributed by atoms with Crippen LogP contribution in [0.3, 0.4) is 0 Å². The first-order chi connectivity index (χ1) is 13.0. The van der Waals surface area contributed by atoms with Crippen LogP contribution in [-0.2, 0) is 6.54 Å². The first-order valence-electron chi connectivity index (χ1n) is 10.3. The summed E-state index contributed by atoms with van der Waals surface area (Å²) in [7, 11) is 0. The summed E-state index contributed by atoms with van der Waals surface area (Å²) in [5, 5.41) is 0. The smallest absolute Gasteiger partial charge is 0.0245 e. The number of nitrogens with zero attached hydrogens (tertiary/aromatic N) is 1. The molecule has 2 heteroatoms. The van der Waals surface area contributed by atoms with E-state index < -0.39 is 0 Å². The van der Waals surface area contributed by atoms with Crippen LogP contribution in [0, 0.1) is 20.8 Å². The lowest BCUT2D eigenvalue weighted by Gasteiger charge is -2.36. The monoisotopic (exact) mass is 362 g/mol. The summed E-state index contributed by atoms with van der Waals surface area (Å²) in [6.07, 6.45) is 9.29. The predicted octanol–water partition coefficient (Wildman–Crippen LogP) is 5.40. The SMILES string of the molecule is Cc1cc(C)c(CN(CC=Cc2ccccc2)C2CCC(N)CC2)c(C)c1. The molecule has 0 saturated heterocycles. The van der Waals surface area contributed by atoms with Gasteiger partial charge in [0.25, 0.3) is 0 Å². The van der Waals surface area contributed by atoms with Crippen LogP contribution in [0.2, 0.25) is 0 Å². The van der Waals surface area contributed by atoms with Crippen molar-refractivity contribution in [3.8, 4) is 0 Å². The van der Waals surface area contributed by atoms with Crippen molar-refractivity contribution in [1.82, 2.24) is 4.90 Å². The van der Waals surface area contributed by atoms with Crippen LogP contribution in [0.5, 0.6) is 0 Å². The van der Waals surface area contributed by atoms with Gasteiger partial charge < -0.3 is 5.73 Å². The third-order valence-corrected chi connectivity index (χ3v) is 5.91. The van der Waals surface area contributed by atoms with Crippen molar-refractivity contribution in [2.45, 2.75) is 65.1 Å². The van der Waals surface area contributed by atoms with Gasteiger partial charge in [-0.25, -0.2) is 0 Å². The van der Waals surface area contributed by atoms with Gasteiger partial charge in [-0.2, -0.15) is 0 Å². The number of benzene rings is 2. The molecule has 0 amide bonds. The molecule has 2 N–H and O–H groups in total. The predicted molar refractivity (Wildman–Crippen MR) is 117 cm³/mol. The van der Waals surface area contributed by atoms with Crippen LogP contribution in [0.25, 0.3) is 6.08 Å². The van der Waals surface area contributed by atoms with Gasteiger partial charge in [-0.1, -0.05) is 60.2 Å². The number of hydrogen-bond acceptors (Lipinski definition) is 2. The number of hydrogen-bond donors (Lipinski definition) is 1. The molecule has 2 aromatic rings. The summed E-state index contributed by atoms with van der Waals surface area (Å²) in [5.74, 6) is 0. The molecule has 0 bridgehead atoms. The van der Waals surface area contributed by atoms with Crippen molar-refractivity contribution in [3.63, 3.8) is 0 Å². The Morgan fingerprint density at radius 2 is 1.59 bits per heavy atom. The Labute approximate surface area is 165 Å². The quantitative estimate of drug-likeness (QED) is 0.746. The van der Waals surface area contributed by atoms with Gasteiger partial charge in [-0.3, -0.25) is 4.90 Å². The van der Waals surface area contributed by atoms with Gasteiger partial charge in [0.15, 0.2) is 0 Å². The van der Waals surface area contributed by atoms with E-state index in [9.17, 15) is 0 Å². The number of aryl methyl sites for hydroxylation is 3. The highest BCUT2D eigenvalue weighted by Crippen LogP contribution is 2.26. The lowest BCUT2D eigenvalue weighted by atomic mass is 9.90. The molecule has 1 saturated carbocycles. The summed E-state index contributed by atoms with van der Waals surface area (Å²) in [4.78, 5) is 2.66. The topological polar surface area (TPSA) is 29.3 Å². The molecule has 0 spiro atoms. The summed E-state index contributed by atoms with van der Waals surface area (Å²) >= 11 is 0. The van der Waals surface area contributed by atoms with E-state index in [2.05, 4.69) is 80.3 Å². The summed E-state index contributed by atoms with van der Waals surface area (Å²) in [5.41, 5.74) is 13.1. The van der Waals surface area contributed by atoms with Crippen LogP contribution in [-0.4, -0.2) is 23.5 Å². The van der Waals surface area contributed by atoms with Gasteiger partial charge >= 0.3 is 0 Å². The van der Waals surface area contributed by atoms with E-state index in [-0.39, 0.29) is 0 Å².